The molecule has 0 unspecified atom stereocenters. The summed E-state index contributed by atoms with van der Waals surface area (Å²) in [5, 5.41) is 6.10. The average Bonchev–Trinajstić information content (AvgIpc) is 3.09. The zero-order valence-corrected chi connectivity index (χ0v) is 14.0. The van der Waals surface area contributed by atoms with Gasteiger partial charge in [-0.2, -0.15) is 0 Å². The van der Waals surface area contributed by atoms with Gasteiger partial charge < -0.3 is 9.80 Å². The van der Waals surface area contributed by atoms with Crippen molar-refractivity contribution < 1.29 is 4.79 Å². The number of benzene rings is 1. The van der Waals surface area contributed by atoms with Gasteiger partial charge in [0.05, 0.1) is 18.4 Å². The third-order valence-corrected chi connectivity index (χ3v) is 5.14. The lowest BCUT2D eigenvalue weighted by atomic mass is 10.2. The minimum Gasteiger partial charge on any atom is -0.342 e. The molecule has 118 valence electrons. The third kappa shape index (κ3) is 2.66. The molecule has 0 radical (unpaired) electrons. The van der Waals surface area contributed by atoms with Crippen LogP contribution in [0.3, 0.4) is 0 Å². The fourth-order valence-electron chi connectivity index (χ4n) is 2.50. The number of likely N-dealkylation sites (N-methyl/N-ethyl adjacent to an activating group) is 1. The lowest BCUT2D eigenvalue weighted by Gasteiger charge is -2.31. The number of imidazole rings is 1. The predicted octanol–water partition coefficient (Wildman–Crippen LogP) is 2.39. The molecule has 0 spiro atoms. The van der Waals surface area contributed by atoms with Crippen molar-refractivity contribution in [3.63, 3.8) is 0 Å². The van der Waals surface area contributed by atoms with E-state index in [1.54, 1.807) is 9.42 Å². The number of halogens is 1. The molecule has 23 heavy (non-hydrogen) atoms. The molecule has 8 heteroatoms. The van der Waals surface area contributed by atoms with E-state index in [2.05, 4.69) is 10.1 Å². The molecule has 1 saturated heterocycles. The van der Waals surface area contributed by atoms with E-state index in [0.717, 1.165) is 34.4 Å². The van der Waals surface area contributed by atoms with Gasteiger partial charge in [-0.05, 0) is 12.1 Å². The minimum absolute atomic E-state index is 0.117. The first kappa shape index (κ1) is 14.5. The van der Waals surface area contributed by atoms with Crippen LogP contribution in [-0.2, 0) is 4.79 Å². The van der Waals surface area contributed by atoms with Crippen molar-refractivity contribution in [3.05, 3.63) is 35.5 Å². The Morgan fingerprint density at radius 2 is 2.00 bits per heavy atom. The Morgan fingerprint density at radius 3 is 2.70 bits per heavy atom. The minimum atomic E-state index is 0.117. The molecule has 0 aliphatic carbocycles. The molecule has 0 atom stereocenters. The van der Waals surface area contributed by atoms with Crippen LogP contribution in [0.2, 0.25) is 5.02 Å². The quantitative estimate of drug-likeness (QED) is 0.714. The lowest BCUT2D eigenvalue weighted by molar-refractivity contribution is -0.129. The van der Waals surface area contributed by atoms with Crippen molar-refractivity contribution in [3.8, 4) is 11.3 Å². The van der Waals surface area contributed by atoms with Crippen molar-refractivity contribution in [1.82, 2.24) is 19.5 Å². The molecule has 6 nitrogen and oxygen atoms in total. The summed E-state index contributed by atoms with van der Waals surface area (Å²) >= 11 is 7.41. The van der Waals surface area contributed by atoms with E-state index in [1.165, 1.54) is 11.3 Å². The number of nitrogens with zero attached hydrogens (tertiary/aromatic N) is 5. The van der Waals surface area contributed by atoms with Gasteiger partial charge in [0.1, 0.15) is 0 Å². The second-order valence-electron chi connectivity index (χ2n) is 5.48. The standard InChI is InChI=1S/C15H14ClN5OS/c1-19-6-7-20(9-13(19)22)15-18-21-8-12(17-14(21)23-15)10-2-4-11(16)5-3-10/h2-5,8H,6-7,9H2,1H3. The number of rotatable bonds is 2. The number of carbonyl (C=O) groups is 1. The summed E-state index contributed by atoms with van der Waals surface area (Å²) in [5.74, 6) is 0.117. The predicted molar refractivity (Wildman–Crippen MR) is 91.2 cm³/mol. The number of amides is 1. The van der Waals surface area contributed by atoms with Crippen LogP contribution < -0.4 is 4.90 Å². The van der Waals surface area contributed by atoms with Crippen molar-refractivity contribution >= 4 is 38.9 Å². The SMILES string of the molecule is CN1CCN(c2nn3cc(-c4ccc(Cl)cc4)nc3s2)CC1=O. The Kier molecular flexibility index (Phi) is 3.46. The monoisotopic (exact) mass is 347 g/mol. The summed E-state index contributed by atoms with van der Waals surface area (Å²) in [6, 6.07) is 7.57. The molecule has 1 aromatic carbocycles. The van der Waals surface area contributed by atoms with Gasteiger partial charge in [0, 0.05) is 30.7 Å². The Hall–Kier alpha value is -2.12. The van der Waals surface area contributed by atoms with Crippen LogP contribution >= 0.6 is 22.9 Å². The highest BCUT2D eigenvalue weighted by Crippen LogP contribution is 2.27. The second-order valence-corrected chi connectivity index (χ2v) is 6.85. The van der Waals surface area contributed by atoms with Gasteiger partial charge in [0.2, 0.25) is 16.0 Å². The first-order valence-corrected chi connectivity index (χ1v) is 8.41. The average molecular weight is 348 g/mol. The Bertz CT molecular complexity index is 840. The smallest absolute Gasteiger partial charge is 0.241 e. The summed E-state index contributed by atoms with van der Waals surface area (Å²) in [6.07, 6.45) is 1.90. The molecule has 2 aromatic heterocycles. The highest BCUT2D eigenvalue weighted by Gasteiger charge is 2.24. The van der Waals surface area contributed by atoms with Crippen molar-refractivity contribution in [1.29, 1.82) is 0 Å². The topological polar surface area (TPSA) is 53.7 Å². The van der Waals surface area contributed by atoms with Gasteiger partial charge in [-0.15, -0.1) is 5.10 Å². The lowest BCUT2D eigenvalue weighted by Crippen LogP contribution is -2.48. The van der Waals surface area contributed by atoms with E-state index in [0.29, 0.717) is 11.6 Å². The Morgan fingerprint density at radius 1 is 1.22 bits per heavy atom. The number of anilines is 1. The summed E-state index contributed by atoms with van der Waals surface area (Å²) in [5.41, 5.74) is 1.87. The fraction of sp³-hybridized carbons (Fsp3) is 0.267. The molecule has 4 rings (SSSR count). The van der Waals surface area contributed by atoms with Gasteiger partial charge in [-0.1, -0.05) is 35.1 Å². The number of fused-ring (bicyclic) bond motifs is 1. The highest BCUT2D eigenvalue weighted by molar-refractivity contribution is 7.20. The Labute approximate surface area is 141 Å². The van der Waals surface area contributed by atoms with E-state index >= 15 is 0 Å². The summed E-state index contributed by atoms with van der Waals surface area (Å²) < 4.78 is 1.77. The number of hydrogen-bond donors (Lipinski definition) is 0. The van der Waals surface area contributed by atoms with Gasteiger partial charge >= 0.3 is 0 Å². The third-order valence-electron chi connectivity index (χ3n) is 3.90. The molecule has 1 fully saturated rings. The van der Waals surface area contributed by atoms with E-state index in [4.69, 9.17) is 11.6 Å². The Balaban J connectivity index is 1.62. The highest BCUT2D eigenvalue weighted by atomic mass is 35.5. The van der Waals surface area contributed by atoms with Crippen LogP contribution in [0.15, 0.2) is 30.5 Å². The van der Waals surface area contributed by atoms with Crippen LogP contribution in [0.4, 0.5) is 5.13 Å². The van der Waals surface area contributed by atoms with Crippen LogP contribution in [0.25, 0.3) is 16.2 Å². The molecule has 1 aliphatic heterocycles. The van der Waals surface area contributed by atoms with Gasteiger partial charge in [-0.3, -0.25) is 4.79 Å². The second kappa shape index (κ2) is 5.50. The summed E-state index contributed by atoms with van der Waals surface area (Å²) in [7, 11) is 1.83. The van der Waals surface area contributed by atoms with Crippen molar-refractivity contribution in [2.24, 2.45) is 0 Å². The van der Waals surface area contributed by atoms with E-state index in [1.807, 2.05) is 42.4 Å². The number of aromatic nitrogens is 3. The molecule has 3 heterocycles. The largest absolute Gasteiger partial charge is 0.342 e. The first-order valence-electron chi connectivity index (χ1n) is 7.21. The van der Waals surface area contributed by atoms with Crippen LogP contribution in [0.1, 0.15) is 0 Å². The first-order chi connectivity index (χ1) is 11.1. The van der Waals surface area contributed by atoms with Crippen LogP contribution in [-0.4, -0.2) is 52.1 Å². The molecule has 1 amide bonds. The maximum Gasteiger partial charge on any atom is 0.241 e. The maximum atomic E-state index is 11.8. The van der Waals surface area contributed by atoms with Gasteiger partial charge in [0.25, 0.3) is 0 Å². The molecule has 0 bridgehead atoms. The number of piperazine rings is 1. The zero-order chi connectivity index (χ0) is 16.0. The summed E-state index contributed by atoms with van der Waals surface area (Å²) in [4.78, 5) is 21.0. The molecule has 0 N–H and O–H groups in total. The van der Waals surface area contributed by atoms with Gasteiger partial charge in [-0.25, -0.2) is 9.50 Å². The molecule has 3 aromatic rings. The molecule has 1 aliphatic rings. The van der Waals surface area contributed by atoms with Crippen LogP contribution in [0, 0.1) is 0 Å². The van der Waals surface area contributed by atoms with Crippen LogP contribution in [0.5, 0.6) is 0 Å². The van der Waals surface area contributed by atoms with E-state index in [-0.39, 0.29) is 5.91 Å². The van der Waals surface area contributed by atoms with E-state index in [9.17, 15) is 4.79 Å². The normalized spacial score (nSPS) is 15.7. The van der Waals surface area contributed by atoms with Crippen molar-refractivity contribution in [2.75, 3.05) is 31.6 Å². The van der Waals surface area contributed by atoms with Gasteiger partial charge in [0.15, 0.2) is 0 Å². The molecule has 0 saturated carbocycles. The van der Waals surface area contributed by atoms with E-state index < -0.39 is 0 Å². The maximum absolute atomic E-state index is 11.8. The van der Waals surface area contributed by atoms with Crippen molar-refractivity contribution in [2.45, 2.75) is 0 Å². The zero-order valence-electron chi connectivity index (χ0n) is 12.4. The summed E-state index contributed by atoms with van der Waals surface area (Å²) in [6.45, 7) is 1.89. The molecular formula is C15H14ClN5OS. The number of carbonyl (C=O) groups excluding carboxylic acids is 1. The number of hydrogen-bond acceptors (Lipinski definition) is 5. The fourth-order valence-corrected chi connectivity index (χ4v) is 3.53. The molecular weight excluding hydrogens is 334 g/mol.